The van der Waals surface area contributed by atoms with Crippen molar-refractivity contribution in [3.8, 4) is 0 Å². The van der Waals surface area contributed by atoms with Crippen LogP contribution in [0.2, 0.25) is 0 Å². The molecule has 0 aliphatic heterocycles. The predicted octanol–water partition coefficient (Wildman–Crippen LogP) is 2.96. The van der Waals surface area contributed by atoms with E-state index in [4.69, 9.17) is 5.14 Å². The molecule has 4 nitrogen and oxygen atoms in total. The summed E-state index contributed by atoms with van der Waals surface area (Å²) in [7, 11) is -3.60. The minimum absolute atomic E-state index is 0.144. The molecule has 0 heterocycles. The molecule has 1 aromatic rings. The summed E-state index contributed by atoms with van der Waals surface area (Å²) in [5.74, 6) is 0.737. The van der Waals surface area contributed by atoms with Crippen molar-refractivity contribution in [3.05, 3.63) is 24.3 Å². The maximum Gasteiger partial charge on any atom is 0.238 e. The smallest absolute Gasteiger partial charge is 0.238 e. The van der Waals surface area contributed by atoms with Crippen molar-refractivity contribution in [2.75, 3.05) is 5.32 Å². The van der Waals surface area contributed by atoms with Gasteiger partial charge in [-0.15, -0.1) is 0 Å². The first-order valence-corrected chi connectivity index (χ1v) is 8.23. The number of nitrogens with one attached hydrogen (secondary N) is 1. The number of benzene rings is 1. The van der Waals surface area contributed by atoms with E-state index in [9.17, 15) is 8.42 Å². The van der Waals surface area contributed by atoms with E-state index in [-0.39, 0.29) is 4.90 Å². The van der Waals surface area contributed by atoms with Crippen LogP contribution in [-0.4, -0.2) is 14.5 Å². The Bertz CT molecular complexity index is 481. The van der Waals surface area contributed by atoms with Gasteiger partial charge >= 0.3 is 0 Å². The highest BCUT2D eigenvalue weighted by Gasteiger charge is 2.08. The van der Waals surface area contributed by atoms with Gasteiger partial charge in [0, 0.05) is 11.7 Å². The number of anilines is 1. The molecular formula is C14H24N2O2S. The Morgan fingerprint density at radius 1 is 1.11 bits per heavy atom. The highest BCUT2D eigenvalue weighted by atomic mass is 32.2. The Kier molecular flexibility index (Phi) is 5.82. The van der Waals surface area contributed by atoms with Crippen LogP contribution in [-0.2, 0) is 10.0 Å². The van der Waals surface area contributed by atoms with Gasteiger partial charge in [0.2, 0.25) is 10.0 Å². The zero-order valence-electron chi connectivity index (χ0n) is 11.9. The number of rotatable bonds is 7. The minimum atomic E-state index is -3.60. The van der Waals surface area contributed by atoms with E-state index in [1.807, 2.05) is 0 Å². The van der Waals surface area contributed by atoms with Gasteiger partial charge in [-0.25, -0.2) is 13.6 Å². The predicted molar refractivity (Wildman–Crippen MR) is 79.6 cm³/mol. The molecule has 0 spiro atoms. The first-order valence-electron chi connectivity index (χ1n) is 6.68. The van der Waals surface area contributed by atoms with Crippen LogP contribution in [0.3, 0.4) is 0 Å². The lowest BCUT2D eigenvalue weighted by Crippen LogP contribution is -2.16. The number of sulfonamides is 1. The molecule has 3 N–H and O–H groups in total. The fourth-order valence-corrected chi connectivity index (χ4v) is 2.45. The van der Waals surface area contributed by atoms with Crippen molar-refractivity contribution in [1.29, 1.82) is 0 Å². The first-order chi connectivity index (χ1) is 8.79. The molecule has 0 amide bonds. The van der Waals surface area contributed by atoms with E-state index in [0.717, 1.165) is 18.0 Å². The third-order valence-corrected chi connectivity index (χ3v) is 3.94. The van der Waals surface area contributed by atoms with E-state index in [1.54, 1.807) is 12.1 Å². The number of primary sulfonamides is 1. The molecule has 5 heteroatoms. The van der Waals surface area contributed by atoms with Crippen molar-refractivity contribution in [1.82, 2.24) is 0 Å². The van der Waals surface area contributed by atoms with Crippen molar-refractivity contribution >= 4 is 15.7 Å². The molecule has 1 aromatic carbocycles. The Hall–Kier alpha value is -1.07. The van der Waals surface area contributed by atoms with E-state index in [0.29, 0.717) is 6.04 Å². The highest BCUT2D eigenvalue weighted by Crippen LogP contribution is 2.16. The van der Waals surface area contributed by atoms with Gasteiger partial charge in [0.05, 0.1) is 4.90 Å². The van der Waals surface area contributed by atoms with E-state index >= 15 is 0 Å². The van der Waals surface area contributed by atoms with Crippen LogP contribution in [0.15, 0.2) is 29.2 Å². The fraction of sp³-hybridized carbons (Fsp3) is 0.571. The molecule has 1 unspecified atom stereocenters. The van der Waals surface area contributed by atoms with Crippen molar-refractivity contribution in [2.45, 2.75) is 51.0 Å². The van der Waals surface area contributed by atoms with E-state index in [1.165, 1.54) is 25.0 Å². The van der Waals surface area contributed by atoms with Crippen molar-refractivity contribution in [3.63, 3.8) is 0 Å². The summed E-state index contributed by atoms with van der Waals surface area (Å²) in [6.07, 6.45) is 3.53. The topological polar surface area (TPSA) is 72.2 Å². The number of nitrogens with two attached hydrogens (primary N) is 1. The Morgan fingerprint density at radius 2 is 1.68 bits per heavy atom. The summed E-state index contributed by atoms with van der Waals surface area (Å²) in [6, 6.07) is 6.92. The Morgan fingerprint density at radius 3 is 2.16 bits per heavy atom. The van der Waals surface area contributed by atoms with Crippen LogP contribution in [0.1, 0.15) is 40.0 Å². The zero-order chi connectivity index (χ0) is 14.5. The van der Waals surface area contributed by atoms with Gasteiger partial charge in [0.15, 0.2) is 0 Å². The molecule has 0 bridgehead atoms. The largest absolute Gasteiger partial charge is 0.383 e. The van der Waals surface area contributed by atoms with Crippen LogP contribution >= 0.6 is 0 Å². The number of hydrogen-bond acceptors (Lipinski definition) is 3. The quantitative estimate of drug-likeness (QED) is 0.808. The summed E-state index contributed by atoms with van der Waals surface area (Å²) in [5.41, 5.74) is 0.921. The summed E-state index contributed by atoms with van der Waals surface area (Å²) in [5, 5.41) is 8.41. The summed E-state index contributed by atoms with van der Waals surface area (Å²) in [4.78, 5) is 0.144. The van der Waals surface area contributed by atoms with Gasteiger partial charge in [-0.2, -0.15) is 0 Å². The molecule has 0 fully saturated rings. The molecule has 1 rings (SSSR count). The fourth-order valence-electron chi connectivity index (χ4n) is 1.93. The normalized spacial score (nSPS) is 13.5. The SMILES string of the molecule is CC(C)CCCC(C)Nc1ccc(S(N)(=O)=O)cc1. The molecule has 0 radical (unpaired) electrons. The minimum Gasteiger partial charge on any atom is -0.383 e. The highest BCUT2D eigenvalue weighted by molar-refractivity contribution is 7.89. The monoisotopic (exact) mass is 284 g/mol. The zero-order valence-corrected chi connectivity index (χ0v) is 12.7. The van der Waals surface area contributed by atoms with Gasteiger partial charge in [-0.1, -0.05) is 26.7 Å². The average molecular weight is 284 g/mol. The molecule has 0 saturated carbocycles. The molecule has 0 aromatic heterocycles. The van der Waals surface area contributed by atoms with E-state index < -0.39 is 10.0 Å². The van der Waals surface area contributed by atoms with Crippen LogP contribution in [0, 0.1) is 5.92 Å². The van der Waals surface area contributed by atoms with Crippen molar-refractivity contribution < 1.29 is 8.42 Å². The molecule has 1 atom stereocenters. The third-order valence-electron chi connectivity index (χ3n) is 3.01. The van der Waals surface area contributed by atoms with Gasteiger partial charge < -0.3 is 5.32 Å². The van der Waals surface area contributed by atoms with E-state index in [2.05, 4.69) is 26.1 Å². The summed E-state index contributed by atoms with van der Waals surface area (Å²) in [6.45, 7) is 6.59. The second kappa shape index (κ2) is 6.91. The molecule has 19 heavy (non-hydrogen) atoms. The molecule has 108 valence electrons. The Balaban J connectivity index is 2.49. The van der Waals surface area contributed by atoms with Crippen LogP contribution < -0.4 is 10.5 Å². The average Bonchev–Trinajstić information content (AvgIpc) is 2.27. The molecule has 0 aliphatic rings. The molecule has 0 aliphatic carbocycles. The van der Waals surface area contributed by atoms with Gasteiger partial charge in [-0.3, -0.25) is 0 Å². The number of hydrogen-bond donors (Lipinski definition) is 2. The second-order valence-corrected chi connectivity index (χ2v) is 7.00. The lowest BCUT2D eigenvalue weighted by Gasteiger charge is -2.16. The molecule has 0 saturated heterocycles. The molecular weight excluding hydrogens is 260 g/mol. The van der Waals surface area contributed by atoms with Crippen LogP contribution in [0.4, 0.5) is 5.69 Å². The Labute approximate surface area is 116 Å². The second-order valence-electron chi connectivity index (χ2n) is 5.44. The lowest BCUT2D eigenvalue weighted by molar-refractivity contribution is 0.520. The first kappa shape index (κ1) is 16.0. The maximum atomic E-state index is 11.1. The maximum absolute atomic E-state index is 11.1. The van der Waals surface area contributed by atoms with Gasteiger partial charge in [0.1, 0.15) is 0 Å². The van der Waals surface area contributed by atoms with Crippen LogP contribution in [0.25, 0.3) is 0 Å². The standard InChI is InChI=1S/C14H24N2O2S/c1-11(2)5-4-6-12(3)16-13-7-9-14(10-8-13)19(15,17)18/h7-12,16H,4-6H2,1-3H3,(H2,15,17,18). The van der Waals surface area contributed by atoms with Gasteiger partial charge in [0.25, 0.3) is 0 Å². The summed E-state index contributed by atoms with van der Waals surface area (Å²) < 4.78 is 22.3. The van der Waals surface area contributed by atoms with Gasteiger partial charge in [-0.05, 0) is 43.5 Å². The van der Waals surface area contributed by atoms with Crippen molar-refractivity contribution in [2.24, 2.45) is 11.1 Å². The van der Waals surface area contributed by atoms with Crippen LogP contribution in [0.5, 0.6) is 0 Å². The lowest BCUT2D eigenvalue weighted by atomic mass is 10.0. The third kappa shape index (κ3) is 6.07. The summed E-state index contributed by atoms with van der Waals surface area (Å²) >= 11 is 0.